The highest BCUT2D eigenvalue weighted by Crippen LogP contribution is 2.38. The van der Waals surface area contributed by atoms with E-state index in [9.17, 15) is 4.79 Å². The van der Waals surface area contributed by atoms with Gasteiger partial charge in [0.05, 0.1) is 16.3 Å². The number of likely N-dealkylation sites (tertiary alicyclic amines) is 1. The number of fused-ring (bicyclic) bond motifs is 2. The Kier molecular flexibility index (Phi) is 4.46. The summed E-state index contributed by atoms with van der Waals surface area (Å²) in [6.07, 6.45) is 2.21. The van der Waals surface area contributed by atoms with Crippen molar-refractivity contribution >= 4 is 44.1 Å². The van der Waals surface area contributed by atoms with Crippen LogP contribution in [0.3, 0.4) is 0 Å². The first kappa shape index (κ1) is 17.9. The van der Waals surface area contributed by atoms with Crippen molar-refractivity contribution in [3.05, 3.63) is 74.0 Å². The summed E-state index contributed by atoms with van der Waals surface area (Å²) in [6, 6.07) is 13.9. The van der Waals surface area contributed by atoms with Crippen LogP contribution in [0.4, 0.5) is 0 Å². The van der Waals surface area contributed by atoms with Crippen molar-refractivity contribution in [3.63, 3.8) is 0 Å². The molecule has 2 aromatic carbocycles. The van der Waals surface area contributed by atoms with Gasteiger partial charge in [0.15, 0.2) is 0 Å². The lowest BCUT2D eigenvalue weighted by molar-refractivity contribution is 0.248. The SMILES string of the molecule is Cc1cc2oc(=O)cc(CN3CCCC3c3nc4ccccc4s3)c2cc1Cl. The fourth-order valence-electron chi connectivity index (χ4n) is 4.03. The van der Waals surface area contributed by atoms with Crippen molar-refractivity contribution in [1.82, 2.24) is 9.88 Å². The summed E-state index contributed by atoms with van der Waals surface area (Å²) < 4.78 is 6.63. The molecule has 0 N–H and O–H groups in total. The number of thiazole rings is 1. The van der Waals surface area contributed by atoms with Crippen molar-refractivity contribution in [2.24, 2.45) is 0 Å². The summed E-state index contributed by atoms with van der Waals surface area (Å²) in [5, 5.41) is 2.75. The molecule has 4 aromatic rings. The van der Waals surface area contributed by atoms with Crippen LogP contribution in [-0.2, 0) is 6.54 Å². The van der Waals surface area contributed by atoms with E-state index in [0.717, 1.165) is 46.4 Å². The molecular formula is C22H19ClN2O2S. The largest absolute Gasteiger partial charge is 0.423 e. The molecule has 1 fully saturated rings. The second kappa shape index (κ2) is 6.99. The normalized spacial score (nSPS) is 17.7. The van der Waals surface area contributed by atoms with E-state index in [0.29, 0.717) is 17.2 Å². The number of halogens is 1. The van der Waals surface area contributed by atoms with E-state index in [2.05, 4.69) is 23.1 Å². The van der Waals surface area contributed by atoms with E-state index in [1.165, 1.54) is 4.70 Å². The van der Waals surface area contributed by atoms with Gasteiger partial charge in [-0.1, -0.05) is 23.7 Å². The van der Waals surface area contributed by atoms with E-state index in [4.69, 9.17) is 21.0 Å². The lowest BCUT2D eigenvalue weighted by Crippen LogP contribution is -2.23. The molecule has 28 heavy (non-hydrogen) atoms. The second-order valence-electron chi connectivity index (χ2n) is 7.34. The molecule has 0 bridgehead atoms. The van der Waals surface area contributed by atoms with Crippen LogP contribution >= 0.6 is 22.9 Å². The topological polar surface area (TPSA) is 46.3 Å². The van der Waals surface area contributed by atoms with Crippen molar-refractivity contribution in [2.75, 3.05) is 6.54 Å². The minimum Gasteiger partial charge on any atom is -0.423 e. The monoisotopic (exact) mass is 410 g/mol. The van der Waals surface area contributed by atoms with Gasteiger partial charge in [0.25, 0.3) is 0 Å². The molecule has 0 amide bonds. The highest BCUT2D eigenvalue weighted by molar-refractivity contribution is 7.18. The average Bonchev–Trinajstić information content (AvgIpc) is 3.29. The van der Waals surface area contributed by atoms with Crippen LogP contribution in [0.25, 0.3) is 21.2 Å². The van der Waals surface area contributed by atoms with Crippen LogP contribution < -0.4 is 5.63 Å². The zero-order chi connectivity index (χ0) is 19.3. The minimum atomic E-state index is -0.319. The standard InChI is InChI=1S/C22H19ClN2O2S/c1-13-9-19-15(11-16(13)23)14(10-21(26)27-19)12-25-8-4-6-18(25)22-24-17-5-2-3-7-20(17)28-22/h2-3,5,7,9-11,18H,4,6,8,12H2,1H3. The Balaban J connectivity index is 1.53. The number of nitrogens with zero attached hydrogens (tertiary/aromatic N) is 2. The van der Waals surface area contributed by atoms with E-state index in [1.807, 2.05) is 25.1 Å². The van der Waals surface area contributed by atoms with Crippen LogP contribution in [0.5, 0.6) is 0 Å². The maximum absolute atomic E-state index is 12.1. The Hall–Kier alpha value is -2.21. The maximum Gasteiger partial charge on any atom is 0.336 e. The maximum atomic E-state index is 12.1. The molecule has 6 heteroatoms. The Morgan fingerprint density at radius 1 is 1.29 bits per heavy atom. The van der Waals surface area contributed by atoms with Gasteiger partial charge in [-0.15, -0.1) is 11.3 Å². The van der Waals surface area contributed by atoms with Gasteiger partial charge < -0.3 is 4.42 Å². The molecule has 1 saturated heterocycles. The second-order valence-corrected chi connectivity index (χ2v) is 8.81. The highest BCUT2D eigenvalue weighted by Gasteiger charge is 2.29. The third kappa shape index (κ3) is 3.13. The van der Waals surface area contributed by atoms with Gasteiger partial charge in [0.1, 0.15) is 10.6 Å². The average molecular weight is 411 g/mol. The van der Waals surface area contributed by atoms with Gasteiger partial charge in [-0.2, -0.15) is 0 Å². The van der Waals surface area contributed by atoms with Gasteiger partial charge in [0, 0.05) is 23.0 Å². The molecular weight excluding hydrogens is 392 g/mol. The summed E-state index contributed by atoms with van der Waals surface area (Å²) in [4.78, 5) is 19.4. The number of hydrogen-bond acceptors (Lipinski definition) is 5. The van der Waals surface area contributed by atoms with Crippen LogP contribution in [-0.4, -0.2) is 16.4 Å². The van der Waals surface area contributed by atoms with E-state index in [1.54, 1.807) is 17.4 Å². The van der Waals surface area contributed by atoms with Crippen LogP contribution in [0, 0.1) is 6.92 Å². The summed E-state index contributed by atoms with van der Waals surface area (Å²) in [5.74, 6) is 0. The van der Waals surface area contributed by atoms with E-state index < -0.39 is 0 Å². The molecule has 1 unspecified atom stereocenters. The van der Waals surface area contributed by atoms with E-state index >= 15 is 0 Å². The van der Waals surface area contributed by atoms with Crippen molar-refractivity contribution in [1.29, 1.82) is 0 Å². The third-order valence-electron chi connectivity index (χ3n) is 5.44. The quantitative estimate of drug-likeness (QED) is 0.406. The number of benzene rings is 2. The number of rotatable bonds is 3. The summed E-state index contributed by atoms with van der Waals surface area (Å²) >= 11 is 8.11. The fourth-order valence-corrected chi connectivity index (χ4v) is 5.33. The molecule has 1 aliphatic heterocycles. The number of hydrogen-bond donors (Lipinski definition) is 0. The first-order valence-corrected chi connectivity index (χ1v) is 10.6. The highest BCUT2D eigenvalue weighted by atomic mass is 35.5. The first-order valence-electron chi connectivity index (χ1n) is 9.41. The molecule has 2 aromatic heterocycles. The van der Waals surface area contributed by atoms with Gasteiger partial charge in [0.2, 0.25) is 0 Å². The molecule has 1 aliphatic rings. The van der Waals surface area contributed by atoms with Crippen LogP contribution in [0.1, 0.15) is 35.0 Å². The van der Waals surface area contributed by atoms with Gasteiger partial charge in [-0.25, -0.2) is 9.78 Å². The predicted molar refractivity (Wildman–Crippen MR) is 114 cm³/mol. The number of para-hydroxylation sites is 1. The minimum absolute atomic E-state index is 0.278. The zero-order valence-electron chi connectivity index (χ0n) is 15.4. The zero-order valence-corrected chi connectivity index (χ0v) is 17.0. The molecule has 1 atom stereocenters. The lowest BCUT2D eigenvalue weighted by Gasteiger charge is -2.23. The first-order chi connectivity index (χ1) is 13.6. The van der Waals surface area contributed by atoms with Gasteiger partial charge >= 0.3 is 5.63 Å². The van der Waals surface area contributed by atoms with E-state index in [-0.39, 0.29) is 11.7 Å². The van der Waals surface area contributed by atoms with Gasteiger partial charge in [-0.3, -0.25) is 4.90 Å². The predicted octanol–water partition coefficient (Wildman–Crippen LogP) is 5.70. The summed E-state index contributed by atoms with van der Waals surface area (Å²) in [5.41, 5.74) is 3.20. The third-order valence-corrected chi connectivity index (χ3v) is 6.99. The van der Waals surface area contributed by atoms with Crippen molar-refractivity contribution in [2.45, 2.75) is 32.4 Å². The Morgan fingerprint density at radius 3 is 3.00 bits per heavy atom. The number of aryl methyl sites for hydroxylation is 1. The van der Waals surface area contributed by atoms with Crippen molar-refractivity contribution < 1.29 is 4.42 Å². The Labute approximate surface area is 171 Å². The van der Waals surface area contributed by atoms with Crippen molar-refractivity contribution in [3.8, 4) is 0 Å². The molecule has 142 valence electrons. The van der Waals surface area contributed by atoms with Gasteiger partial charge in [-0.05, 0) is 61.7 Å². The number of aromatic nitrogens is 1. The molecule has 0 spiro atoms. The molecule has 0 radical (unpaired) electrons. The summed E-state index contributed by atoms with van der Waals surface area (Å²) in [7, 11) is 0. The Morgan fingerprint density at radius 2 is 2.14 bits per heavy atom. The summed E-state index contributed by atoms with van der Waals surface area (Å²) in [6.45, 7) is 3.59. The Bertz CT molecular complexity index is 1210. The molecule has 0 aliphatic carbocycles. The lowest BCUT2D eigenvalue weighted by atomic mass is 10.1. The molecule has 5 rings (SSSR count). The molecule has 3 heterocycles. The molecule has 0 saturated carbocycles. The van der Waals surface area contributed by atoms with Crippen LogP contribution in [0.2, 0.25) is 5.02 Å². The van der Waals surface area contributed by atoms with Crippen LogP contribution in [0.15, 0.2) is 51.7 Å². The fraction of sp³-hybridized carbons (Fsp3) is 0.273. The smallest absolute Gasteiger partial charge is 0.336 e. The molecule has 4 nitrogen and oxygen atoms in total.